The lowest BCUT2D eigenvalue weighted by atomic mass is 10.2. The standard InChI is InChI=1S/C14H9FN2O3S/c15-10-2-1-3-11(4-10)21(19,20)14-5-13-12(7-17-14)9(8-18)6-16-13/h1-8,16H. The molecule has 1 aromatic carbocycles. The number of halogens is 1. The maximum Gasteiger partial charge on any atom is 0.224 e. The van der Waals surface area contributed by atoms with Crippen LogP contribution in [0.2, 0.25) is 0 Å². The number of nitrogens with zero attached hydrogens (tertiary/aromatic N) is 1. The van der Waals surface area contributed by atoms with Gasteiger partial charge in [-0.15, -0.1) is 0 Å². The second-order valence-corrected chi connectivity index (χ2v) is 6.29. The van der Waals surface area contributed by atoms with E-state index in [2.05, 4.69) is 9.97 Å². The van der Waals surface area contributed by atoms with Gasteiger partial charge in [0.1, 0.15) is 5.82 Å². The van der Waals surface area contributed by atoms with Crippen molar-refractivity contribution in [1.29, 1.82) is 0 Å². The van der Waals surface area contributed by atoms with E-state index >= 15 is 0 Å². The molecule has 0 aliphatic rings. The number of carbonyl (C=O) groups is 1. The summed E-state index contributed by atoms with van der Waals surface area (Å²) in [5.41, 5.74) is 0.870. The van der Waals surface area contributed by atoms with E-state index in [-0.39, 0.29) is 9.92 Å². The molecule has 0 spiro atoms. The fourth-order valence-electron chi connectivity index (χ4n) is 2.02. The smallest absolute Gasteiger partial charge is 0.224 e. The summed E-state index contributed by atoms with van der Waals surface area (Å²) in [6, 6.07) is 6.04. The molecular weight excluding hydrogens is 295 g/mol. The Hall–Kier alpha value is -2.54. The molecule has 0 saturated carbocycles. The van der Waals surface area contributed by atoms with Crippen LogP contribution >= 0.6 is 0 Å². The van der Waals surface area contributed by atoms with Gasteiger partial charge in [-0.2, -0.15) is 0 Å². The summed E-state index contributed by atoms with van der Waals surface area (Å²) < 4.78 is 38.0. The molecule has 0 saturated heterocycles. The largest absolute Gasteiger partial charge is 0.360 e. The highest BCUT2D eigenvalue weighted by molar-refractivity contribution is 7.91. The number of aldehydes is 1. The average molecular weight is 304 g/mol. The molecule has 5 nitrogen and oxygen atoms in total. The topological polar surface area (TPSA) is 79.9 Å². The molecule has 0 aliphatic heterocycles. The van der Waals surface area contributed by atoms with Crippen LogP contribution in [-0.2, 0) is 9.84 Å². The van der Waals surface area contributed by atoms with Gasteiger partial charge in [-0.1, -0.05) is 6.07 Å². The Morgan fingerprint density at radius 1 is 1.24 bits per heavy atom. The molecule has 0 atom stereocenters. The van der Waals surface area contributed by atoms with Crippen molar-refractivity contribution in [2.24, 2.45) is 0 Å². The van der Waals surface area contributed by atoms with Crippen LogP contribution in [0.5, 0.6) is 0 Å². The number of aromatic nitrogens is 2. The van der Waals surface area contributed by atoms with Gasteiger partial charge in [0.05, 0.1) is 10.4 Å². The fourth-order valence-corrected chi connectivity index (χ4v) is 3.25. The third kappa shape index (κ3) is 2.21. The molecule has 3 aromatic rings. The molecule has 21 heavy (non-hydrogen) atoms. The number of benzene rings is 1. The zero-order valence-corrected chi connectivity index (χ0v) is 11.4. The van der Waals surface area contributed by atoms with Crippen molar-refractivity contribution in [3.8, 4) is 0 Å². The van der Waals surface area contributed by atoms with Crippen LogP contribution in [0.4, 0.5) is 4.39 Å². The Morgan fingerprint density at radius 2 is 2.05 bits per heavy atom. The first-order valence-corrected chi connectivity index (χ1v) is 7.43. The van der Waals surface area contributed by atoms with Gasteiger partial charge in [-0.3, -0.25) is 4.79 Å². The number of H-pyrrole nitrogens is 1. The first-order valence-electron chi connectivity index (χ1n) is 5.95. The molecule has 0 bridgehead atoms. The van der Waals surface area contributed by atoms with E-state index in [0.717, 1.165) is 12.1 Å². The second-order valence-electron chi connectivity index (χ2n) is 4.39. The van der Waals surface area contributed by atoms with Crippen LogP contribution in [-0.4, -0.2) is 24.7 Å². The maximum atomic E-state index is 13.2. The molecule has 1 N–H and O–H groups in total. The number of pyridine rings is 1. The Labute approximate surface area is 119 Å². The summed E-state index contributed by atoms with van der Waals surface area (Å²) in [7, 11) is -3.91. The van der Waals surface area contributed by atoms with E-state index in [4.69, 9.17) is 0 Å². The van der Waals surface area contributed by atoms with Crippen molar-refractivity contribution in [1.82, 2.24) is 9.97 Å². The summed E-state index contributed by atoms with van der Waals surface area (Å²) in [6.45, 7) is 0. The summed E-state index contributed by atoms with van der Waals surface area (Å²) >= 11 is 0. The van der Waals surface area contributed by atoms with Crippen molar-refractivity contribution in [3.63, 3.8) is 0 Å². The third-order valence-corrected chi connectivity index (χ3v) is 4.73. The van der Waals surface area contributed by atoms with E-state index in [0.29, 0.717) is 22.8 Å². The van der Waals surface area contributed by atoms with Gasteiger partial charge < -0.3 is 4.98 Å². The van der Waals surface area contributed by atoms with Crippen LogP contribution in [0.1, 0.15) is 10.4 Å². The minimum absolute atomic E-state index is 0.170. The zero-order chi connectivity index (χ0) is 15.0. The highest BCUT2D eigenvalue weighted by Gasteiger charge is 2.20. The average Bonchev–Trinajstić information content (AvgIpc) is 2.89. The van der Waals surface area contributed by atoms with Crippen molar-refractivity contribution in [2.75, 3.05) is 0 Å². The Morgan fingerprint density at radius 3 is 2.76 bits per heavy atom. The summed E-state index contributed by atoms with van der Waals surface area (Å²) in [4.78, 5) is 17.3. The molecule has 0 unspecified atom stereocenters. The lowest BCUT2D eigenvalue weighted by Crippen LogP contribution is -2.04. The van der Waals surface area contributed by atoms with Crippen LogP contribution in [0.15, 0.2) is 52.6 Å². The predicted molar refractivity (Wildman–Crippen MR) is 73.3 cm³/mol. The number of rotatable bonds is 3. The van der Waals surface area contributed by atoms with Gasteiger partial charge >= 0.3 is 0 Å². The van der Waals surface area contributed by atoms with Gasteiger partial charge in [0.25, 0.3) is 0 Å². The maximum absolute atomic E-state index is 13.2. The second kappa shape index (κ2) is 4.78. The van der Waals surface area contributed by atoms with E-state index in [9.17, 15) is 17.6 Å². The van der Waals surface area contributed by atoms with Crippen LogP contribution in [0.3, 0.4) is 0 Å². The molecule has 0 aliphatic carbocycles. The number of hydrogen-bond acceptors (Lipinski definition) is 4. The van der Waals surface area contributed by atoms with E-state index in [1.165, 1.54) is 30.6 Å². The Balaban J connectivity index is 2.17. The number of sulfone groups is 1. The van der Waals surface area contributed by atoms with Gasteiger partial charge in [0.15, 0.2) is 11.3 Å². The van der Waals surface area contributed by atoms with E-state index in [1.807, 2.05) is 0 Å². The highest BCUT2D eigenvalue weighted by Crippen LogP contribution is 2.23. The molecule has 106 valence electrons. The van der Waals surface area contributed by atoms with Crippen LogP contribution < -0.4 is 0 Å². The number of nitrogens with one attached hydrogen (secondary N) is 1. The monoisotopic (exact) mass is 304 g/mol. The Kier molecular flexibility index (Phi) is 3.06. The van der Waals surface area contributed by atoms with Gasteiger partial charge in [-0.05, 0) is 24.3 Å². The number of fused-ring (bicyclic) bond motifs is 1. The molecular formula is C14H9FN2O3S. The third-order valence-electron chi connectivity index (χ3n) is 3.08. The first kappa shape index (κ1) is 13.4. The summed E-state index contributed by atoms with van der Waals surface area (Å²) in [5.74, 6) is -0.639. The van der Waals surface area contributed by atoms with Crippen molar-refractivity contribution in [3.05, 3.63) is 54.1 Å². The van der Waals surface area contributed by atoms with Crippen LogP contribution in [0.25, 0.3) is 10.9 Å². The number of aromatic amines is 1. The predicted octanol–water partition coefficient (Wildman–Crippen LogP) is 2.35. The number of carbonyl (C=O) groups excluding carboxylic acids is 1. The van der Waals surface area contributed by atoms with Crippen LogP contribution in [0, 0.1) is 5.82 Å². The minimum Gasteiger partial charge on any atom is -0.360 e. The van der Waals surface area contributed by atoms with Gasteiger partial charge in [0, 0.05) is 23.3 Å². The van der Waals surface area contributed by atoms with Crippen molar-refractivity contribution >= 4 is 27.0 Å². The minimum atomic E-state index is -3.91. The van der Waals surface area contributed by atoms with Gasteiger partial charge in [-0.25, -0.2) is 17.8 Å². The lowest BCUT2D eigenvalue weighted by molar-refractivity contribution is 0.112. The first-order chi connectivity index (χ1) is 10.0. The molecule has 2 aromatic heterocycles. The van der Waals surface area contributed by atoms with Gasteiger partial charge in [0.2, 0.25) is 9.84 Å². The molecule has 2 heterocycles. The Bertz CT molecular complexity index is 948. The fraction of sp³-hybridized carbons (Fsp3) is 0. The zero-order valence-electron chi connectivity index (χ0n) is 10.6. The number of hydrogen-bond donors (Lipinski definition) is 1. The van der Waals surface area contributed by atoms with E-state index < -0.39 is 15.7 Å². The lowest BCUT2D eigenvalue weighted by Gasteiger charge is -2.04. The molecule has 0 radical (unpaired) electrons. The van der Waals surface area contributed by atoms with E-state index in [1.54, 1.807) is 0 Å². The summed E-state index contributed by atoms with van der Waals surface area (Å²) in [6.07, 6.45) is 3.43. The molecule has 0 amide bonds. The quantitative estimate of drug-likeness (QED) is 0.753. The normalized spacial score (nSPS) is 11.7. The van der Waals surface area contributed by atoms with Crippen molar-refractivity contribution < 1.29 is 17.6 Å². The van der Waals surface area contributed by atoms with Crippen molar-refractivity contribution in [2.45, 2.75) is 9.92 Å². The highest BCUT2D eigenvalue weighted by atomic mass is 32.2. The molecule has 3 rings (SSSR count). The summed E-state index contributed by atoms with van der Waals surface area (Å²) in [5, 5.41) is 0.322. The molecule has 7 heteroatoms. The SMILES string of the molecule is O=Cc1c[nH]c2cc(S(=O)(=O)c3cccc(F)c3)ncc12. The molecule has 0 fully saturated rings.